The normalized spacial score (nSPS) is 17.5. The summed E-state index contributed by atoms with van der Waals surface area (Å²) in [6.07, 6.45) is -7.40. The summed E-state index contributed by atoms with van der Waals surface area (Å²) in [6.45, 7) is 2.23. The second-order valence-electron chi connectivity index (χ2n) is 10.0. The zero-order valence-corrected chi connectivity index (χ0v) is 22.2. The van der Waals surface area contributed by atoms with Gasteiger partial charge < -0.3 is 20.0 Å². The molecule has 0 aliphatic carbocycles. The summed E-state index contributed by atoms with van der Waals surface area (Å²) in [5.41, 5.74) is -2.12. The summed E-state index contributed by atoms with van der Waals surface area (Å²) >= 11 is 0. The number of alkyl halides is 6. The Hall–Kier alpha value is -4.14. The van der Waals surface area contributed by atoms with E-state index in [1.165, 1.54) is 11.0 Å². The van der Waals surface area contributed by atoms with Crippen LogP contribution in [0.4, 0.5) is 37.8 Å². The van der Waals surface area contributed by atoms with Gasteiger partial charge in [0.05, 0.1) is 23.5 Å². The molecule has 15 heteroatoms. The first kappa shape index (κ1) is 29.4. The smallest absolute Gasteiger partial charge is 0.357 e. The average molecular weight is 596 g/mol. The predicted octanol–water partition coefficient (Wildman–Crippen LogP) is 3.59. The number of hydrogen-bond donors (Lipinski definition) is 2. The minimum Gasteiger partial charge on any atom is -0.357 e. The molecule has 2 aliphatic rings. The third-order valence-corrected chi connectivity index (χ3v) is 7.44. The van der Waals surface area contributed by atoms with Crippen molar-refractivity contribution in [2.45, 2.75) is 31.4 Å². The minimum absolute atomic E-state index is 0.121. The minimum atomic E-state index is -4.88. The molecule has 4 heterocycles. The molecule has 5 rings (SSSR count). The standard InChI is InChI=1S/C27H27F6N7O2/c28-26(29,30)18-5-6-22(35-13-18)38-9-11-39(12-10-38)23(41)7-8-34-14-20-19-4-2-1-3-17(19)16-40(20)21-15-36-37-25(42)24(21)27(31,32)33/h1-6,13,15,20,34H,7-12,14,16H2,(H,37,42). The number of pyridine rings is 1. The van der Waals surface area contributed by atoms with Crippen LogP contribution in [0.1, 0.15) is 34.7 Å². The van der Waals surface area contributed by atoms with E-state index in [1.54, 1.807) is 17.0 Å². The van der Waals surface area contributed by atoms with Crippen LogP contribution in [0.3, 0.4) is 0 Å². The molecule has 42 heavy (non-hydrogen) atoms. The predicted molar refractivity (Wildman–Crippen MR) is 141 cm³/mol. The van der Waals surface area contributed by atoms with Crippen molar-refractivity contribution in [3.8, 4) is 0 Å². The lowest BCUT2D eigenvalue weighted by Crippen LogP contribution is -2.49. The Bertz CT molecular complexity index is 1470. The van der Waals surface area contributed by atoms with E-state index in [4.69, 9.17) is 0 Å². The van der Waals surface area contributed by atoms with E-state index >= 15 is 0 Å². The van der Waals surface area contributed by atoms with Crippen molar-refractivity contribution in [3.63, 3.8) is 0 Å². The second-order valence-corrected chi connectivity index (χ2v) is 10.0. The summed E-state index contributed by atoms with van der Waals surface area (Å²) in [4.78, 5) is 33.8. The fraction of sp³-hybridized carbons (Fsp3) is 0.407. The quantitative estimate of drug-likeness (QED) is 0.318. The van der Waals surface area contributed by atoms with E-state index in [0.717, 1.165) is 29.6 Å². The zero-order chi connectivity index (χ0) is 30.1. The monoisotopic (exact) mass is 595 g/mol. The number of aromatic nitrogens is 3. The Balaban J connectivity index is 1.17. The third-order valence-electron chi connectivity index (χ3n) is 7.44. The van der Waals surface area contributed by atoms with Crippen molar-refractivity contribution < 1.29 is 31.1 Å². The van der Waals surface area contributed by atoms with Crippen LogP contribution in [0.5, 0.6) is 0 Å². The Morgan fingerprint density at radius 1 is 0.976 bits per heavy atom. The molecule has 3 aromatic rings. The first-order valence-electron chi connectivity index (χ1n) is 13.2. The molecule has 0 bridgehead atoms. The molecule has 224 valence electrons. The number of carbonyl (C=O) groups excluding carboxylic acids is 1. The van der Waals surface area contributed by atoms with Gasteiger partial charge in [0.15, 0.2) is 0 Å². The Labute approximate surface area is 236 Å². The SMILES string of the molecule is O=C(CCNCC1c2ccccc2CN1c1cn[nH]c(=O)c1C(F)(F)F)N1CCN(c2ccc(C(F)(F)F)cn2)CC1. The number of amides is 1. The molecule has 1 aromatic carbocycles. The molecule has 1 fully saturated rings. The highest BCUT2D eigenvalue weighted by atomic mass is 19.4. The number of fused-ring (bicyclic) bond motifs is 1. The fourth-order valence-corrected chi connectivity index (χ4v) is 5.34. The average Bonchev–Trinajstić information content (AvgIpc) is 3.32. The van der Waals surface area contributed by atoms with Gasteiger partial charge in [0.1, 0.15) is 11.4 Å². The molecular weight excluding hydrogens is 568 g/mol. The van der Waals surface area contributed by atoms with Crippen LogP contribution in [0, 0.1) is 0 Å². The van der Waals surface area contributed by atoms with Gasteiger partial charge in [0.2, 0.25) is 5.91 Å². The van der Waals surface area contributed by atoms with E-state index in [2.05, 4.69) is 15.4 Å². The number of anilines is 2. The van der Waals surface area contributed by atoms with Crippen LogP contribution in [0.15, 0.2) is 53.6 Å². The van der Waals surface area contributed by atoms with Crippen molar-refractivity contribution in [3.05, 3.63) is 81.4 Å². The first-order chi connectivity index (χ1) is 19.9. The first-order valence-corrected chi connectivity index (χ1v) is 13.2. The molecule has 1 unspecified atom stereocenters. The van der Waals surface area contributed by atoms with Gasteiger partial charge in [-0.1, -0.05) is 24.3 Å². The van der Waals surface area contributed by atoms with Crippen LogP contribution in [0.25, 0.3) is 0 Å². The third kappa shape index (κ3) is 6.20. The molecule has 2 aliphatic heterocycles. The molecule has 0 spiro atoms. The molecule has 1 atom stereocenters. The lowest BCUT2D eigenvalue weighted by atomic mass is 10.0. The largest absolute Gasteiger partial charge is 0.423 e. The maximum Gasteiger partial charge on any atom is 0.423 e. The van der Waals surface area contributed by atoms with Crippen molar-refractivity contribution in [1.29, 1.82) is 0 Å². The number of nitrogens with zero attached hydrogens (tertiary/aromatic N) is 5. The summed E-state index contributed by atoms with van der Waals surface area (Å²) in [6, 6.07) is 8.99. The maximum absolute atomic E-state index is 13.8. The highest BCUT2D eigenvalue weighted by Crippen LogP contribution is 2.41. The number of rotatable bonds is 7. The van der Waals surface area contributed by atoms with Gasteiger partial charge in [0, 0.05) is 58.4 Å². The molecule has 1 saturated heterocycles. The number of piperazine rings is 1. The topological polar surface area (TPSA) is 97.5 Å². The van der Waals surface area contributed by atoms with Crippen LogP contribution in [-0.4, -0.2) is 65.3 Å². The van der Waals surface area contributed by atoms with Gasteiger partial charge in [-0.15, -0.1) is 0 Å². The molecule has 0 saturated carbocycles. The van der Waals surface area contributed by atoms with Gasteiger partial charge in [-0.3, -0.25) is 9.59 Å². The van der Waals surface area contributed by atoms with Crippen molar-refractivity contribution in [2.24, 2.45) is 0 Å². The maximum atomic E-state index is 13.8. The highest BCUT2D eigenvalue weighted by molar-refractivity contribution is 5.76. The van der Waals surface area contributed by atoms with Crippen molar-refractivity contribution in [2.75, 3.05) is 49.1 Å². The van der Waals surface area contributed by atoms with Gasteiger partial charge >= 0.3 is 12.4 Å². The number of nitrogens with one attached hydrogen (secondary N) is 2. The molecular formula is C27H27F6N7O2. The van der Waals surface area contributed by atoms with Gasteiger partial charge in [-0.2, -0.15) is 31.4 Å². The number of aromatic amines is 1. The van der Waals surface area contributed by atoms with E-state index < -0.39 is 35.1 Å². The number of H-pyrrole nitrogens is 1. The summed E-state index contributed by atoms with van der Waals surface area (Å²) < 4.78 is 79.7. The number of benzene rings is 1. The lowest BCUT2D eigenvalue weighted by molar-refractivity contribution is -0.139. The highest BCUT2D eigenvalue weighted by Gasteiger charge is 2.41. The summed E-state index contributed by atoms with van der Waals surface area (Å²) in [7, 11) is 0. The summed E-state index contributed by atoms with van der Waals surface area (Å²) in [5.74, 6) is 0.284. The van der Waals surface area contributed by atoms with Gasteiger partial charge in [0.25, 0.3) is 5.56 Å². The van der Waals surface area contributed by atoms with E-state index in [-0.39, 0.29) is 37.6 Å². The van der Waals surface area contributed by atoms with Crippen LogP contribution in [0.2, 0.25) is 0 Å². The lowest BCUT2D eigenvalue weighted by Gasteiger charge is -2.35. The summed E-state index contributed by atoms with van der Waals surface area (Å²) in [5, 5.41) is 8.65. The van der Waals surface area contributed by atoms with E-state index in [9.17, 15) is 35.9 Å². The van der Waals surface area contributed by atoms with E-state index in [1.807, 2.05) is 22.1 Å². The molecule has 2 N–H and O–H groups in total. The molecule has 9 nitrogen and oxygen atoms in total. The van der Waals surface area contributed by atoms with Crippen molar-refractivity contribution >= 4 is 17.4 Å². The van der Waals surface area contributed by atoms with E-state index in [0.29, 0.717) is 32.0 Å². The molecule has 0 radical (unpaired) electrons. The van der Waals surface area contributed by atoms with Crippen LogP contribution < -0.4 is 20.7 Å². The number of hydrogen-bond acceptors (Lipinski definition) is 7. The number of halogens is 6. The number of carbonyl (C=O) groups is 1. The fourth-order valence-electron chi connectivity index (χ4n) is 5.34. The Morgan fingerprint density at radius 2 is 1.71 bits per heavy atom. The van der Waals surface area contributed by atoms with Crippen molar-refractivity contribution in [1.82, 2.24) is 25.4 Å². The zero-order valence-electron chi connectivity index (χ0n) is 22.2. The van der Waals surface area contributed by atoms with Gasteiger partial charge in [-0.05, 0) is 23.3 Å². The van der Waals surface area contributed by atoms with Crippen LogP contribution >= 0.6 is 0 Å². The van der Waals surface area contributed by atoms with Gasteiger partial charge in [-0.25, -0.2) is 10.1 Å². The molecule has 1 amide bonds. The molecule has 2 aromatic heterocycles. The Kier molecular flexibility index (Phi) is 8.12. The second kappa shape index (κ2) is 11.6. The Morgan fingerprint density at radius 3 is 2.38 bits per heavy atom. The van der Waals surface area contributed by atoms with Crippen LogP contribution in [-0.2, 0) is 23.7 Å².